The van der Waals surface area contributed by atoms with Gasteiger partial charge in [-0.2, -0.15) is 0 Å². The van der Waals surface area contributed by atoms with Gasteiger partial charge in [0.25, 0.3) is 0 Å². The van der Waals surface area contributed by atoms with E-state index in [2.05, 4.69) is 10.1 Å². The summed E-state index contributed by atoms with van der Waals surface area (Å²) in [5.41, 5.74) is 0. The van der Waals surface area contributed by atoms with Crippen LogP contribution in [0.25, 0.3) is 0 Å². The van der Waals surface area contributed by atoms with Crippen molar-refractivity contribution in [2.45, 2.75) is 32.9 Å². The van der Waals surface area contributed by atoms with Crippen LogP contribution in [-0.4, -0.2) is 27.2 Å². The van der Waals surface area contributed by atoms with E-state index in [9.17, 15) is 4.79 Å². The molecule has 5 nitrogen and oxygen atoms in total. The van der Waals surface area contributed by atoms with Crippen molar-refractivity contribution in [2.24, 2.45) is 0 Å². The average molecular weight is 195 g/mol. The van der Waals surface area contributed by atoms with Crippen LogP contribution in [0.2, 0.25) is 0 Å². The molecule has 76 valence electrons. The van der Waals surface area contributed by atoms with Crippen LogP contribution in [0.4, 0.5) is 0 Å². The molecule has 0 N–H and O–H groups in total. The van der Waals surface area contributed by atoms with Crippen molar-refractivity contribution in [3.8, 4) is 0 Å². The van der Waals surface area contributed by atoms with Crippen LogP contribution in [0, 0.1) is 0 Å². The molecular weight excluding hydrogens is 182 g/mol. The normalized spacial score (nSPS) is 15.2. The van der Waals surface area contributed by atoms with Crippen LogP contribution in [0.1, 0.15) is 36.2 Å². The second kappa shape index (κ2) is 3.88. The summed E-state index contributed by atoms with van der Waals surface area (Å²) in [7, 11) is 0. The number of rotatable bonds is 3. The highest BCUT2D eigenvalue weighted by atomic mass is 16.5. The third-order valence-electron chi connectivity index (χ3n) is 2.15. The molecule has 0 aliphatic carbocycles. The molecule has 14 heavy (non-hydrogen) atoms. The molecule has 0 amide bonds. The number of aromatic nitrogens is 3. The third-order valence-corrected chi connectivity index (χ3v) is 2.15. The Morgan fingerprint density at radius 2 is 2.50 bits per heavy atom. The summed E-state index contributed by atoms with van der Waals surface area (Å²) < 4.78 is 6.97. The molecule has 1 aromatic heterocycles. The minimum atomic E-state index is 0.0226. The lowest BCUT2D eigenvalue weighted by atomic mass is 10.2. The summed E-state index contributed by atoms with van der Waals surface area (Å²) in [5, 5.41) is 4.15. The minimum Gasteiger partial charge on any atom is -0.372 e. The Hall–Kier alpha value is -1.23. The molecule has 0 saturated heterocycles. The molecule has 0 aromatic carbocycles. The predicted molar refractivity (Wildman–Crippen MR) is 48.9 cm³/mol. The molecule has 0 unspecified atom stereocenters. The quantitative estimate of drug-likeness (QED) is 0.669. The molecule has 0 spiro atoms. The Morgan fingerprint density at radius 1 is 1.64 bits per heavy atom. The number of ketones is 1. The number of nitrogens with zero attached hydrogens (tertiary/aromatic N) is 3. The first-order chi connectivity index (χ1) is 6.81. The molecule has 5 heteroatoms. The van der Waals surface area contributed by atoms with E-state index in [0.717, 1.165) is 12.2 Å². The summed E-state index contributed by atoms with van der Waals surface area (Å²) in [4.78, 5) is 15.6. The SMILES string of the molecule is CCCC(=O)c1nc2n(n1)CCOC2. The highest BCUT2D eigenvalue weighted by Crippen LogP contribution is 2.08. The minimum absolute atomic E-state index is 0.0226. The highest BCUT2D eigenvalue weighted by Gasteiger charge is 2.17. The van der Waals surface area contributed by atoms with Gasteiger partial charge in [-0.05, 0) is 6.42 Å². The second-order valence-corrected chi connectivity index (χ2v) is 3.30. The van der Waals surface area contributed by atoms with E-state index in [4.69, 9.17) is 4.74 Å². The standard InChI is InChI=1S/C9H13N3O2/c1-2-3-7(13)9-10-8-6-14-5-4-12(8)11-9/h2-6H2,1H3. The number of hydrogen-bond acceptors (Lipinski definition) is 4. The van der Waals surface area contributed by atoms with E-state index in [1.807, 2.05) is 6.92 Å². The maximum Gasteiger partial charge on any atom is 0.217 e. The van der Waals surface area contributed by atoms with Gasteiger partial charge in [0.15, 0.2) is 5.82 Å². The van der Waals surface area contributed by atoms with Gasteiger partial charge in [-0.3, -0.25) is 4.79 Å². The molecule has 0 saturated carbocycles. The van der Waals surface area contributed by atoms with E-state index < -0.39 is 0 Å². The van der Waals surface area contributed by atoms with Crippen LogP contribution in [0.5, 0.6) is 0 Å². The Bertz CT molecular complexity index is 322. The van der Waals surface area contributed by atoms with Gasteiger partial charge in [-0.25, -0.2) is 9.67 Å². The zero-order chi connectivity index (χ0) is 9.97. The number of Topliss-reactive ketones (excluding diaryl/α,β-unsaturated/α-hetero) is 1. The Labute approximate surface area is 82.1 Å². The number of ether oxygens (including phenoxy) is 1. The van der Waals surface area contributed by atoms with Crippen LogP contribution in [0.15, 0.2) is 0 Å². The largest absolute Gasteiger partial charge is 0.372 e. The van der Waals surface area contributed by atoms with Gasteiger partial charge in [-0.15, -0.1) is 5.10 Å². The molecule has 1 aliphatic rings. The number of carbonyl (C=O) groups excluding carboxylic acids is 1. The molecular formula is C9H13N3O2. The van der Waals surface area contributed by atoms with Gasteiger partial charge >= 0.3 is 0 Å². The average Bonchev–Trinajstić information content (AvgIpc) is 2.61. The van der Waals surface area contributed by atoms with Crippen LogP contribution in [-0.2, 0) is 17.9 Å². The lowest BCUT2D eigenvalue weighted by Crippen LogP contribution is -2.17. The summed E-state index contributed by atoms with van der Waals surface area (Å²) in [6.45, 7) is 3.78. The van der Waals surface area contributed by atoms with Crippen LogP contribution in [0.3, 0.4) is 0 Å². The lowest BCUT2D eigenvalue weighted by molar-refractivity contribution is 0.0769. The van der Waals surface area contributed by atoms with Crippen molar-refractivity contribution < 1.29 is 9.53 Å². The first kappa shape index (κ1) is 9.33. The van der Waals surface area contributed by atoms with Crippen LogP contribution >= 0.6 is 0 Å². The molecule has 1 aliphatic heterocycles. The molecule has 1 aromatic rings. The fraction of sp³-hybridized carbons (Fsp3) is 0.667. The van der Waals surface area contributed by atoms with Gasteiger partial charge in [0, 0.05) is 6.42 Å². The van der Waals surface area contributed by atoms with Gasteiger partial charge in [0.05, 0.1) is 13.2 Å². The lowest BCUT2D eigenvalue weighted by Gasteiger charge is -2.11. The Morgan fingerprint density at radius 3 is 3.21 bits per heavy atom. The zero-order valence-electron chi connectivity index (χ0n) is 8.19. The highest BCUT2D eigenvalue weighted by molar-refractivity contribution is 5.92. The fourth-order valence-corrected chi connectivity index (χ4v) is 1.43. The predicted octanol–water partition coefficient (Wildman–Crippen LogP) is 0.791. The topological polar surface area (TPSA) is 57.0 Å². The summed E-state index contributed by atoms with van der Waals surface area (Å²) in [5.74, 6) is 1.12. The smallest absolute Gasteiger partial charge is 0.217 e. The molecule has 0 atom stereocenters. The van der Waals surface area contributed by atoms with E-state index >= 15 is 0 Å². The van der Waals surface area contributed by atoms with Crippen molar-refractivity contribution in [1.82, 2.24) is 14.8 Å². The second-order valence-electron chi connectivity index (χ2n) is 3.30. The first-order valence-electron chi connectivity index (χ1n) is 4.86. The zero-order valence-corrected chi connectivity index (χ0v) is 8.19. The van der Waals surface area contributed by atoms with Crippen molar-refractivity contribution in [3.05, 3.63) is 11.6 Å². The fourth-order valence-electron chi connectivity index (χ4n) is 1.43. The third kappa shape index (κ3) is 1.68. The van der Waals surface area contributed by atoms with E-state index in [-0.39, 0.29) is 5.78 Å². The molecule has 0 fully saturated rings. The van der Waals surface area contributed by atoms with E-state index in [1.165, 1.54) is 0 Å². The van der Waals surface area contributed by atoms with Gasteiger partial charge < -0.3 is 4.74 Å². The van der Waals surface area contributed by atoms with Gasteiger partial charge in [-0.1, -0.05) is 6.92 Å². The summed E-state index contributed by atoms with van der Waals surface area (Å²) >= 11 is 0. The Balaban J connectivity index is 2.19. The number of fused-ring (bicyclic) bond motifs is 1. The molecule has 2 rings (SSSR count). The van der Waals surface area contributed by atoms with E-state index in [1.54, 1.807) is 4.68 Å². The van der Waals surface area contributed by atoms with Gasteiger partial charge in [0.2, 0.25) is 11.6 Å². The summed E-state index contributed by atoms with van der Waals surface area (Å²) in [6, 6.07) is 0. The van der Waals surface area contributed by atoms with E-state index in [0.29, 0.717) is 32.0 Å². The van der Waals surface area contributed by atoms with Gasteiger partial charge in [0.1, 0.15) is 6.61 Å². The summed E-state index contributed by atoms with van der Waals surface area (Å²) in [6.07, 6.45) is 1.35. The number of carbonyl (C=O) groups is 1. The van der Waals surface area contributed by atoms with Crippen molar-refractivity contribution in [1.29, 1.82) is 0 Å². The maximum absolute atomic E-state index is 11.5. The first-order valence-corrected chi connectivity index (χ1v) is 4.86. The van der Waals surface area contributed by atoms with Crippen molar-refractivity contribution in [2.75, 3.05) is 6.61 Å². The maximum atomic E-state index is 11.5. The van der Waals surface area contributed by atoms with Crippen molar-refractivity contribution in [3.63, 3.8) is 0 Å². The monoisotopic (exact) mass is 195 g/mol. The number of hydrogen-bond donors (Lipinski definition) is 0. The molecule has 0 radical (unpaired) electrons. The molecule has 0 bridgehead atoms. The Kier molecular flexibility index (Phi) is 2.58. The molecule has 2 heterocycles. The van der Waals surface area contributed by atoms with Crippen LogP contribution < -0.4 is 0 Å². The van der Waals surface area contributed by atoms with Crippen molar-refractivity contribution >= 4 is 5.78 Å².